The maximum absolute atomic E-state index is 13.9. The minimum atomic E-state index is -1.16. The van der Waals surface area contributed by atoms with Crippen molar-refractivity contribution in [1.29, 1.82) is 0 Å². The Kier molecular flexibility index (Phi) is 5.49. The van der Waals surface area contributed by atoms with Crippen LogP contribution in [0, 0.1) is 5.82 Å². The van der Waals surface area contributed by atoms with E-state index in [2.05, 4.69) is 14.8 Å². The number of benzene rings is 2. The number of aliphatic carboxylic acids is 1. The average Bonchev–Trinajstić information content (AvgIpc) is 3.15. The molecule has 2 bridgehead atoms. The third-order valence-electron chi connectivity index (χ3n) is 6.63. The number of carboxylic acid groups (broad SMARTS) is 1. The van der Waals surface area contributed by atoms with E-state index in [1.807, 2.05) is 12.1 Å². The first-order valence-corrected chi connectivity index (χ1v) is 11.0. The maximum Gasteiger partial charge on any atom is 0.323 e. The SMILES string of the molecule is COc1cc(-c2nc3ccc(N4CCN5CCC4CC5)cc3c(=O)n2CC(=O)O)ccc1F. The Hall–Kier alpha value is -3.46. The second-order valence-electron chi connectivity index (χ2n) is 8.54. The number of ether oxygens (including phenoxy) is 1. The summed E-state index contributed by atoms with van der Waals surface area (Å²) in [6.07, 6.45) is 2.18. The number of piperidine rings is 1. The van der Waals surface area contributed by atoms with Gasteiger partial charge in [0.15, 0.2) is 11.6 Å². The number of carboxylic acids is 1. The van der Waals surface area contributed by atoms with Crippen molar-refractivity contribution < 1.29 is 19.0 Å². The first-order valence-electron chi connectivity index (χ1n) is 11.0. The maximum atomic E-state index is 13.9. The van der Waals surface area contributed by atoms with Gasteiger partial charge in [0.25, 0.3) is 5.56 Å². The largest absolute Gasteiger partial charge is 0.494 e. The lowest BCUT2D eigenvalue weighted by atomic mass is 10.0. The van der Waals surface area contributed by atoms with Crippen molar-refractivity contribution in [2.75, 3.05) is 38.2 Å². The van der Waals surface area contributed by atoms with Crippen LogP contribution >= 0.6 is 0 Å². The zero-order valence-corrected chi connectivity index (χ0v) is 18.3. The number of anilines is 1. The van der Waals surface area contributed by atoms with Crippen LogP contribution < -0.4 is 15.2 Å². The highest BCUT2D eigenvalue weighted by Crippen LogP contribution is 2.30. The van der Waals surface area contributed by atoms with Crippen LogP contribution in [-0.4, -0.2) is 64.9 Å². The second kappa shape index (κ2) is 8.47. The first kappa shape index (κ1) is 21.4. The molecular formula is C24H25FN4O4. The molecule has 3 aromatic rings. The summed E-state index contributed by atoms with van der Waals surface area (Å²) in [4.78, 5) is 34.5. The second-order valence-corrected chi connectivity index (χ2v) is 8.54. The Morgan fingerprint density at radius 1 is 1.15 bits per heavy atom. The molecule has 0 atom stereocenters. The molecule has 1 aromatic heterocycles. The van der Waals surface area contributed by atoms with Crippen LogP contribution in [0.15, 0.2) is 41.2 Å². The summed E-state index contributed by atoms with van der Waals surface area (Å²) < 4.78 is 20.1. The number of nitrogens with zero attached hydrogens (tertiary/aromatic N) is 4. The number of hydrogen-bond donors (Lipinski definition) is 1. The molecule has 0 unspecified atom stereocenters. The number of rotatable bonds is 5. The van der Waals surface area contributed by atoms with Gasteiger partial charge in [0.1, 0.15) is 12.4 Å². The molecule has 3 fully saturated rings. The van der Waals surface area contributed by atoms with Crippen molar-refractivity contribution in [3.05, 3.63) is 52.6 Å². The normalized spacial score (nSPS) is 20.1. The molecule has 9 heteroatoms. The number of methoxy groups -OCH3 is 1. The van der Waals surface area contributed by atoms with E-state index in [9.17, 15) is 19.1 Å². The zero-order valence-electron chi connectivity index (χ0n) is 18.3. The molecule has 0 spiro atoms. The summed E-state index contributed by atoms with van der Waals surface area (Å²) in [5.41, 5.74) is 1.38. The minimum Gasteiger partial charge on any atom is -0.494 e. The predicted octanol–water partition coefficient (Wildman–Crippen LogP) is 2.58. The van der Waals surface area contributed by atoms with Gasteiger partial charge in [0.2, 0.25) is 0 Å². The third kappa shape index (κ3) is 3.93. The number of halogens is 1. The lowest BCUT2D eigenvalue weighted by Gasteiger charge is -2.33. The monoisotopic (exact) mass is 452 g/mol. The smallest absolute Gasteiger partial charge is 0.323 e. The van der Waals surface area contributed by atoms with E-state index in [0.29, 0.717) is 22.5 Å². The molecule has 0 radical (unpaired) electrons. The molecule has 3 aliphatic heterocycles. The Bertz CT molecular complexity index is 1280. The molecule has 33 heavy (non-hydrogen) atoms. The van der Waals surface area contributed by atoms with E-state index in [0.717, 1.165) is 49.3 Å². The van der Waals surface area contributed by atoms with Crippen molar-refractivity contribution in [1.82, 2.24) is 14.5 Å². The van der Waals surface area contributed by atoms with Crippen LogP contribution in [0.3, 0.4) is 0 Å². The first-order chi connectivity index (χ1) is 15.9. The molecule has 6 rings (SSSR count). The summed E-state index contributed by atoms with van der Waals surface area (Å²) in [6, 6.07) is 10.1. The Morgan fingerprint density at radius 2 is 1.94 bits per heavy atom. The van der Waals surface area contributed by atoms with E-state index in [1.54, 1.807) is 6.07 Å². The fourth-order valence-electron chi connectivity index (χ4n) is 4.91. The number of hydrogen-bond acceptors (Lipinski definition) is 6. The summed E-state index contributed by atoms with van der Waals surface area (Å²) in [6.45, 7) is 3.50. The molecule has 0 saturated carbocycles. The molecule has 1 N–H and O–H groups in total. The average molecular weight is 452 g/mol. The van der Waals surface area contributed by atoms with Crippen molar-refractivity contribution >= 4 is 22.6 Å². The van der Waals surface area contributed by atoms with E-state index in [-0.39, 0.29) is 11.6 Å². The van der Waals surface area contributed by atoms with Gasteiger partial charge in [-0.25, -0.2) is 9.37 Å². The molecule has 3 saturated heterocycles. The fourth-order valence-corrected chi connectivity index (χ4v) is 4.91. The van der Waals surface area contributed by atoms with E-state index in [4.69, 9.17) is 4.74 Å². The molecule has 8 nitrogen and oxygen atoms in total. The highest BCUT2D eigenvalue weighted by molar-refractivity contribution is 5.84. The summed E-state index contributed by atoms with van der Waals surface area (Å²) in [5.74, 6) is -1.57. The van der Waals surface area contributed by atoms with Crippen molar-refractivity contribution in [2.45, 2.75) is 25.4 Å². The van der Waals surface area contributed by atoms with E-state index >= 15 is 0 Å². The quantitative estimate of drug-likeness (QED) is 0.637. The number of fused-ring (bicyclic) bond motifs is 5. The fraction of sp³-hybridized carbons (Fsp3) is 0.375. The summed E-state index contributed by atoms with van der Waals surface area (Å²) >= 11 is 0. The highest BCUT2D eigenvalue weighted by Gasteiger charge is 2.29. The topological polar surface area (TPSA) is 87.9 Å². The van der Waals surface area contributed by atoms with Gasteiger partial charge < -0.3 is 19.6 Å². The molecule has 172 valence electrons. The molecule has 2 aromatic carbocycles. The van der Waals surface area contributed by atoms with Gasteiger partial charge in [-0.05, 0) is 49.2 Å². The Balaban J connectivity index is 1.65. The molecule has 3 aliphatic rings. The Morgan fingerprint density at radius 3 is 2.67 bits per heavy atom. The van der Waals surface area contributed by atoms with Crippen LogP contribution in [0.25, 0.3) is 22.3 Å². The lowest BCUT2D eigenvalue weighted by Crippen LogP contribution is -2.38. The van der Waals surface area contributed by atoms with Crippen LogP contribution in [0.5, 0.6) is 5.75 Å². The van der Waals surface area contributed by atoms with Crippen LogP contribution in [0.4, 0.5) is 10.1 Å². The van der Waals surface area contributed by atoms with Gasteiger partial charge in [0, 0.05) is 43.5 Å². The zero-order chi connectivity index (χ0) is 23.1. The standard InChI is InChI=1S/C24H25FN4O4/c1-33-21-12-15(2-4-19(21)25)23-26-20-5-3-17(13-18(20)24(32)29(23)14-22(30)31)28-11-10-27-8-6-16(28)7-9-27/h2-5,12-13,16H,6-11,14H2,1H3,(H,30,31). The van der Waals surface area contributed by atoms with Gasteiger partial charge in [-0.15, -0.1) is 0 Å². The molecule has 0 aliphatic carbocycles. The molecule has 0 amide bonds. The highest BCUT2D eigenvalue weighted by atomic mass is 19.1. The van der Waals surface area contributed by atoms with Crippen molar-refractivity contribution in [3.63, 3.8) is 0 Å². The number of carbonyl (C=O) groups is 1. The summed E-state index contributed by atoms with van der Waals surface area (Å²) in [5, 5.41) is 9.82. The van der Waals surface area contributed by atoms with Crippen LogP contribution in [0.1, 0.15) is 12.8 Å². The summed E-state index contributed by atoms with van der Waals surface area (Å²) in [7, 11) is 1.34. The van der Waals surface area contributed by atoms with Crippen LogP contribution in [0.2, 0.25) is 0 Å². The Labute approximate surface area is 189 Å². The van der Waals surface area contributed by atoms with E-state index < -0.39 is 23.9 Å². The van der Waals surface area contributed by atoms with Crippen molar-refractivity contribution in [2.24, 2.45) is 0 Å². The van der Waals surface area contributed by atoms with Gasteiger partial charge >= 0.3 is 5.97 Å². The molecular weight excluding hydrogens is 427 g/mol. The van der Waals surface area contributed by atoms with Gasteiger partial charge in [0.05, 0.1) is 18.0 Å². The third-order valence-corrected chi connectivity index (χ3v) is 6.63. The minimum absolute atomic E-state index is 0.00848. The number of aromatic nitrogens is 2. The lowest BCUT2D eigenvalue weighted by molar-refractivity contribution is -0.137. The van der Waals surface area contributed by atoms with E-state index in [1.165, 1.54) is 25.3 Å². The molecule has 4 heterocycles. The van der Waals surface area contributed by atoms with Crippen molar-refractivity contribution in [3.8, 4) is 17.1 Å². The van der Waals surface area contributed by atoms with Crippen LogP contribution in [-0.2, 0) is 11.3 Å². The predicted molar refractivity (Wildman–Crippen MR) is 122 cm³/mol. The van der Waals surface area contributed by atoms with Gasteiger partial charge in [-0.2, -0.15) is 0 Å². The van der Waals surface area contributed by atoms with Gasteiger partial charge in [-0.1, -0.05) is 0 Å². The van der Waals surface area contributed by atoms with Gasteiger partial charge in [-0.3, -0.25) is 14.2 Å².